The number of aromatic nitrogens is 3. The van der Waals surface area contributed by atoms with Crippen LogP contribution < -0.4 is 29.8 Å². The van der Waals surface area contributed by atoms with Crippen molar-refractivity contribution in [2.24, 2.45) is 0 Å². The first-order valence-electron chi connectivity index (χ1n) is 10.1. The van der Waals surface area contributed by atoms with E-state index in [9.17, 15) is 9.59 Å². The number of fused-ring (bicyclic) bond motifs is 2. The summed E-state index contributed by atoms with van der Waals surface area (Å²) in [6.45, 7) is 0.760. The molecule has 0 saturated carbocycles. The van der Waals surface area contributed by atoms with Crippen molar-refractivity contribution in [1.29, 1.82) is 0 Å². The Morgan fingerprint density at radius 2 is 1.56 bits per heavy atom. The monoisotopic (exact) mass is 436 g/mol. The summed E-state index contributed by atoms with van der Waals surface area (Å²) in [6.07, 6.45) is 0.721. The van der Waals surface area contributed by atoms with Gasteiger partial charge in [0.15, 0.2) is 23.0 Å². The lowest BCUT2D eigenvalue weighted by Crippen LogP contribution is -2.25. The molecule has 0 bridgehead atoms. The molecule has 3 aromatic rings. The van der Waals surface area contributed by atoms with Crippen LogP contribution in [0.5, 0.6) is 23.0 Å². The van der Waals surface area contributed by atoms with Gasteiger partial charge in [-0.25, -0.2) is 0 Å². The first-order valence-corrected chi connectivity index (χ1v) is 10.1. The van der Waals surface area contributed by atoms with Gasteiger partial charge in [-0.05, 0) is 35.4 Å². The standard InChI is InChI=1S/C22H20N4O6/c27-21(23-10-14-2-5-17-19(8-14)32-12-30-17)6-3-15-22(28)24-20(26-25-15)9-13-1-4-16-18(7-13)31-11-29-16/h1-2,4-5,7-8H,3,6,9-12H2,(H,23,27)(H,24,26,28). The fourth-order valence-corrected chi connectivity index (χ4v) is 3.45. The molecule has 0 spiro atoms. The van der Waals surface area contributed by atoms with Crippen molar-refractivity contribution in [1.82, 2.24) is 20.5 Å². The number of ether oxygens (including phenoxy) is 4. The molecule has 10 nitrogen and oxygen atoms in total. The van der Waals surface area contributed by atoms with Crippen molar-refractivity contribution in [3.05, 3.63) is 69.4 Å². The number of rotatable bonds is 7. The third-order valence-electron chi connectivity index (χ3n) is 5.14. The van der Waals surface area contributed by atoms with Crippen LogP contribution >= 0.6 is 0 Å². The van der Waals surface area contributed by atoms with Crippen molar-refractivity contribution in [2.45, 2.75) is 25.8 Å². The highest BCUT2D eigenvalue weighted by atomic mass is 16.7. The molecule has 2 aromatic carbocycles. The van der Waals surface area contributed by atoms with Crippen LogP contribution in [-0.4, -0.2) is 34.7 Å². The van der Waals surface area contributed by atoms with Gasteiger partial charge in [-0.3, -0.25) is 9.59 Å². The molecule has 0 radical (unpaired) electrons. The number of carbonyl (C=O) groups is 1. The van der Waals surface area contributed by atoms with Gasteiger partial charge in [0.25, 0.3) is 5.56 Å². The number of nitrogens with zero attached hydrogens (tertiary/aromatic N) is 2. The molecule has 0 aliphatic carbocycles. The summed E-state index contributed by atoms with van der Waals surface area (Å²) in [5, 5.41) is 10.9. The fraction of sp³-hybridized carbons (Fsp3) is 0.273. The van der Waals surface area contributed by atoms with Gasteiger partial charge < -0.3 is 29.2 Å². The van der Waals surface area contributed by atoms with E-state index in [0.717, 1.165) is 11.1 Å². The molecule has 5 rings (SSSR count). The quantitative estimate of drug-likeness (QED) is 0.570. The number of aryl methyl sites for hydroxylation is 1. The topological polar surface area (TPSA) is 125 Å². The van der Waals surface area contributed by atoms with Gasteiger partial charge in [-0.15, -0.1) is 10.2 Å². The molecular weight excluding hydrogens is 416 g/mol. The molecule has 0 unspecified atom stereocenters. The summed E-state index contributed by atoms with van der Waals surface area (Å²) < 4.78 is 21.3. The molecule has 164 valence electrons. The number of amides is 1. The van der Waals surface area contributed by atoms with Crippen LogP contribution in [0.3, 0.4) is 0 Å². The zero-order valence-corrected chi connectivity index (χ0v) is 17.1. The third-order valence-corrected chi connectivity index (χ3v) is 5.14. The van der Waals surface area contributed by atoms with E-state index in [1.807, 2.05) is 36.4 Å². The van der Waals surface area contributed by atoms with E-state index in [0.29, 0.717) is 41.8 Å². The Bertz CT molecular complexity index is 1230. The predicted octanol–water partition coefficient (Wildman–Crippen LogP) is 1.46. The summed E-state index contributed by atoms with van der Waals surface area (Å²) in [5.74, 6) is 2.97. The smallest absolute Gasteiger partial charge is 0.272 e. The zero-order chi connectivity index (χ0) is 21.9. The maximum atomic E-state index is 12.4. The Morgan fingerprint density at radius 1 is 0.906 bits per heavy atom. The molecule has 32 heavy (non-hydrogen) atoms. The highest BCUT2D eigenvalue weighted by Crippen LogP contribution is 2.33. The summed E-state index contributed by atoms with van der Waals surface area (Å²) in [6, 6.07) is 11.1. The Labute approximate surface area is 182 Å². The molecule has 1 aromatic heterocycles. The minimum absolute atomic E-state index is 0.129. The molecule has 10 heteroatoms. The molecule has 2 aliphatic heterocycles. The summed E-state index contributed by atoms with van der Waals surface area (Å²) in [4.78, 5) is 27.3. The molecule has 2 N–H and O–H groups in total. The van der Waals surface area contributed by atoms with Gasteiger partial charge in [0.05, 0.1) is 0 Å². The highest BCUT2D eigenvalue weighted by Gasteiger charge is 2.15. The Hall–Kier alpha value is -4.08. The van der Waals surface area contributed by atoms with Crippen LogP contribution in [0.25, 0.3) is 0 Å². The van der Waals surface area contributed by atoms with E-state index in [4.69, 9.17) is 18.9 Å². The number of hydrogen-bond donors (Lipinski definition) is 2. The van der Waals surface area contributed by atoms with E-state index >= 15 is 0 Å². The van der Waals surface area contributed by atoms with Crippen LogP contribution in [0.4, 0.5) is 0 Å². The lowest BCUT2D eigenvalue weighted by atomic mass is 10.1. The molecular formula is C22H20N4O6. The van der Waals surface area contributed by atoms with Crippen molar-refractivity contribution in [3.63, 3.8) is 0 Å². The lowest BCUT2D eigenvalue weighted by Gasteiger charge is -2.06. The molecule has 3 heterocycles. The van der Waals surface area contributed by atoms with E-state index in [-0.39, 0.29) is 43.6 Å². The molecule has 0 atom stereocenters. The second-order valence-corrected chi connectivity index (χ2v) is 7.38. The largest absolute Gasteiger partial charge is 0.454 e. The van der Waals surface area contributed by atoms with Crippen molar-refractivity contribution >= 4 is 5.91 Å². The third kappa shape index (κ3) is 4.34. The van der Waals surface area contributed by atoms with Crippen LogP contribution in [0.2, 0.25) is 0 Å². The Morgan fingerprint density at radius 3 is 2.28 bits per heavy atom. The van der Waals surface area contributed by atoms with Gasteiger partial charge in [0.2, 0.25) is 19.5 Å². The minimum Gasteiger partial charge on any atom is -0.454 e. The van der Waals surface area contributed by atoms with Crippen LogP contribution in [0.1, 0.15) is 29.1 Å². The molecule has 2 aliphatic rings. The van der Waals surface area contributed by atoms with E-state index in [2.05, 4.69) is 20.5 Å². The van der Waals surface area contributed by atoms with Crippen molar-refractivity contribution < 1.29 is 23.7 Å². The van der Waals surface area contributed by atoms with Gasteiger partial charge in [-0.1, -0.05) is 12.1 Å². The number of aromatic amines is 1. The van der Waals surface area contributed by atoms with Gasteiger partial charge in [0, 0.05) is 25.8 Å². The average Bonchev–Trinajstić information content (AvgIpc) is 3.45. The maximum Gasteiger partial charge on any atom is 0.272 e. The Balaban J connectivity index is 1.13. The van der Waals surface area contributed by atoms with Crippen molar-refractivity contribution in [2.75, 3.05) is 13.6 Å². The predicted molar refractivity (Wildman–Crippen MR) is 111 cm³/mol. The number of carbonyl (C=O) groups excluding carboxylic acids is 1. The van der Waals surface area contributed by atoms with Crippen LogP contribution in [0.15, 0.2) is 41.2 Å². The minimum atomic E-state index is -0.348. The SMILES string of the molecule is O=C(CCc1nnc(Cc2ccc3c(c2)OCO3)[nH]c1=O)NCc1ccc2c(c1)OCO2. The summed E-state index contributed by atoms with van der Waals surface area (Å²) >= 11 is 0. The number of nitrogens with one attached hydrogen (secondary N) is 2. The molecule has 1 amide bonds. The molecule has 0 fully saturated rings. The fourth-order valence-electron chi connectivity index (χ4n) is 3.45. The second kappa shape index (κ2) is 8.58. The van der Waals surface area contributed by atoms with Gasteiger partial charge in [-0.2, -0.15) is 0 Å². The Kier molecular flexibility index (Phi) is 5.32. The van der Waals surface area contributed by atoms with E-state index < -0.39 is 0 Å². The second-order valence-electron chi connectivity index (χ2n) is 7.38. The molecule has 0 saturated heterocycles. The summed E-state index contributed by atoms with van der Waals surface area (Å²) in [7, 11) is 0. The number of benzene rings is 2. The van der Waals surface area contributed by atoms with Gasteiger partial charge >= 0.3 is 0 Å². The van der Waals surface area contributed by atoms with E-state index in [1.54, 1.807) is 0 Å². The number of H-pyrrole nitrogens is 1. The van der Waals surface area contributed by atoms with Crippen LogP contribution in [-0.2, 0) is 24.2 Å². The first-order chi connectivity index (χ1) is 15.6. The van der Waals surface area contributed by atoms with Crippen molar-refractivity contribution in [3.8, 4) is 23.0 Å². The zero-order valence-electron chi connectivity index (χ0n) is 17.1. The normalized spacial score (nSPS) is 13.2. The van der Waals surface area contributed by atoms with Gasteiger partial charge in [0.1, 0.15) is 11.5 Å². The van der Waals surface area contributed by atoms with E-state index in [1.165, 1.54) is 0 Å². The lowest BCUT2D eigenvalue weighted by molar-refractivity contribution is -0.121. The highest BCUT2D eigenvalue weighted by molar-refractivity contribution is 5.76. The maximum absolute atomic E-state index is 12.4. The first kappa shape index (κ1) is 19.9. The average molecular weight is 436 g/mol. The number of hydrogen-bond acceptors (Lipinski definition) is 8. The summed E-state index contributed by atoms with van der Waals surface area (Å²) in [5.41, 5.74) is 1.68. The van der Waals surface area contributed by atoms with Crippen LogP contribution in [0, 0.1) is 0 Å².